The Hall–Kier alpha value is -2.40. The summed E-state index contributed by atoms with van der Waals surface area (Å²) >= 11 is 0. The van der Waals surface area contributed by atoms with Crippen LogP contribution < -0.4 is 10.5 Å². The van der Waals surface area contributed by atoms with Crippen molar-refractivity contribution < 1.29 is 4.74 Å². The van der Waals surface area contributed by atoms with Crippen molar-refractivity contribution in [1.82, 2.24) is 15.0 Å². The highest BCUT2D eigenvalue weighted by atomic mass is 16.5. The highest BCUT2D eigenvalue weighted by Crippen LogP contribution is 2.20. The van der Waals surface area contributed by atoms with E-state index in [-0.39, 0.29) is 0 Å². The van der Waals surface area contributed by atoms with Crippen LogP contribution in [0.3, 0.4) is 0 Å². The van der Waals surface area contributed by atoms with Crippen LogP contribution in [-0.2, 0) is 13.2 Å². The minimum Gasteiger partial charge on any atom is -0.487 e. The molecule has 0 atom stereocenters. The highest BCUT2D eigenvalue weighted by Gasteiger charge is 2.10. The molecule has 0 fully saturated rings. The molecule has 3 aromatic rings. The highest BCUT2D eigenvalue weighted by molar-refractivity contribution is 5.81. The Balaban J connectivity index is 1.90. The van der Waals surface area contributed by atoms with Crippen molar-refractivity contribution >= 4 is 11.0 Å². The van der Waals surface area contributed by atoms with Crippen LogP contribution in [0, 0.1) is 0 Å². The number of aromatic nitrogens is 3. The van der Waals surface area contributed by atoms with E-state index in [0.717, 1.165) is 28.0 Å². The Morgan fingerprint density at radius 1 is 1.16 bits per heavy atom. The second kappa shape index (κ2) is 5.07. The molecule has 0 aliphatic heterocycles. The minimum absolute atomic E-state index is 0.397. The fourth-order valence-electron chi connectivity index (χ4n) is 2.04. The summed E-state index contributed by atoms with van der Waals surface area (Å²) in [6.45, 7) is 0.847. The molecule has 96 valence electrons. The van der Waals surface area contributed by atoms with Crippen molar-refractivity contribution in [2.45, 2.75) is 13.2 Å². The van der Waals surface area contributed by atoms with Gasteiger partial charge in [-0.3, -0.25) is 0 Å². The quantitative estimate of drug-likeness (QED) is 0.746. The van der Waals surface area contributed by atoms with Crippen molar-refractivity contribution in [2.75, 3.05) is 0 Å². The fourth-order valence-corrected chi connectivity index (χ4v) is 2.04. The molecule has 5 heteroatoms. The van der Waals surface area contributed by atoms with Crippen molar-refractivity contribution in [2.24, 2.45) is 5.73 Å². The molecule has 5 nitrogen and oxygen atoms in total. The number of aromatic amines is 1. The van der Waals surface area contributed by atoms with Gasteiger partial charge in [0, 0.05) is 18.1 Å². The Labute approximate surface area is 110 Å². The number of nitrogens with two attached hydrogens (primary N) is 1. The number of benzene rings is 1. The molecular weight excluding hydrogens is 240 g/mol. The van der Waals surface area contributed by atoms with Gasteiger partial charge >= 0.3 is 0 Å². The lowest BCUT2D eigenvalue weighted by Gasteiger charge is -2.07. The summed E-state index contributed by atoms with van der Waals surface area (Å²) in [5.74, 6) is 0.819. The summed E-state index contributed by atoms with van der Waals surface area (Å²) in [6.07, 6.45) is 3.40. The molecule has 0 bridgehead atoms. The first-order valence-electron chi connectivity index (χ1n) is 6.06. The smallest absolute Gasteiger partial charge is 0.141 e. The molecule has 1 aromatic carbocycles. The molecule has 0 aliphatic rings. The average Bonchev–Trinajstić information content (AvgIpc) is 2.90. The molecule has 0 unspecified atom stereocenters. The summed E-state index contributed by atoms with van der Waals surface area (Å²) < 4.78 is 5.72. The van der Waals surface area contributed by atoms with Crippen LogP contribution in [-0.4, -0.2) is 15.0 Å². The number of nitrogens with zero attached hydrogens (tertiary/aromatic N) is 2. The molecule has 3 N–H and O–H groups in total. The first-order valence-corrected chi connectivity index (χ1v) is 6.06. The summed E-state index contributed by atoms with van der Waals surface area (Å²) in [4.78, 5) is 11.6. The van der Waals surface area contributed by atoms with E-state index >= 15 is 0 Å². The SMILES string of the molecule is NCc1c[nH]c2ncnc(COc3ccccc3)c12. The van der Waals surface area contributed by atoms with Crippen LogP contribution in [0.15, 0.2) is 42.9 Å². The predicted octanol–water partition coefficient (Wildman–Crippen LogP) is 2.00. The van der Waals surface area contributed by atoms with Gasteiger partial charge in [0.25, 0.3) is 0 Å². The Bertz CT molecular complexity index is 678. The van der Waals surface area contributed by atoms with Gasteiger partial charge in [-0.25, -0.2) is 9.97 Å². The lowest BCUT2D eigenvalue weighted by Crippen LogP contribution is -2.02. The molecule has 2 aromatic heterocycles. The van der Waals surface area contributed by atoms with E-state index in [1.165, 1.54) is 6.33 Å². The van der Waals surface area contributed by atoms with Gasteiger partial charge in [-0.15, -0.1) is 0 Å². The second-order valence-corrected chi connectivity index (χ2v) is 4.16. The number of H-pyrrole nitrogens is 1. The van der Waals surface area contributed by atoms with Crippen molar-refractivity contribution in [3.05, 3.63) is 54.1 Å². The van der Waals surface area contributed by atoms with Crippen LogP contribution in [0.4, 0.5) is 0 Å². The maximum Gasteiger partial charge on any atom is 0.141 e. The normalized spacial score (nSPS) is 10.8. The predicted molar refractivity (Wildman–Crippen MR) is 72.6 cm³/mol. The molecule has 2 heterocycles. The van der Waals surface area contributed by atoms with Crippen LogP contribution in [0.25, 0.3) is 11.0 Å². The summed E-state index contributed by atoms with van der Waals surface area (Å²) in [5.41, 5.74) is 8.36. The molecule has 0 radical (unpaired) electrons. The number of nitrogens with one attached hydrogen (secondary N) is 1. The van der Waals surface area contributed by atoms with Gasteiger partial charge in [-0.1, -0.05) is 18.2 Å². The number of rotatable bonds is 4. The molecule has 0 aliphatic carbocycles. The first kappa shape index (κ1) is 11.7. The number of hydrogen-bond acceptors (Lipinski definition) is 4. The van der Waals surface area contributed by atoms with E-state index in [2.05, 4.69) is 15.0 Å². The molecule has 0 saturated heterocycles. The standard InChI is InChI=1S/C14H14N4O/c15-6-10-7-16-14-13(10)12(17-9-18-14)8-19-11-4-2-1-3-5-11/h1-5,7,9H,6,8,15H2,(H,16,17,18). The van der Waals surface area contributed by atoms with Gasteiger partial charge in [0.1, 0.15) is 24.3 Å². The van der Waals surface area contributed by atoms with Crippen molar-refractivity contribution in [1.29, 1.82) is 0 Å². The molecule has 0 amide bonds. The van der Waals surface area contributed by atoms with E-state index in [4.69, 9.17) is 10.5 Å². The zero-order chi connectivity index (χ0) is 13.1. The number of para-hydroxylation sites is 1. The first-order chi connectivity index (χ1) is 9.38. The van der Waals surface area contributed by atoms with Crippen LogP contribution in [0.1, 0.15) is 11.3 Å². The van der Waals surface area contributed by atoms with E-state index in [0.29, 0.717) is 13.2 Å². The van der Waals surface area contributed by atoms with E-state index in [9.17, 15) is 0 Å². The minimum atomic E-state index is 0.397. The van der Waals surface area contributed by atoms with E-state index in [1.807, 2.05) is 36.5 Å². The topological polar surface area (TPSA) is 76.8 Å². The second-order valence-electron chi connectivity index (χ2n) is 4.16. The molecule has 3 rings (SSSR count). The summed E-state index contributed by atoms with van der Waals surface area (Å²) in [7, 11) is 0. The van der Waals surface area contributed by atoms with Crippen LogP contribution in [0.2, 0.25) is 0 Å². The fraction of sp³-hybridized carbons (Fsp3) is 0.143. The number of ether oxygens (including phenoxy) is 1. The van der Waals surface area contributed by atoms with Gasteiger partial charge in [0.15, 0.2) is 0 Å². The average molecular weight is 254 g/mol. The zero-order valence-electron chi connectivity index (χ0n) is 10.3. The number of hydrogen-bond donors (Lipinski definition) is 2. The van der Waals surface area contributed by atoms with E-state index < -0.39 is 0 Å². The third-order valence-corrected chi connectivity index (χ3v) is 2.97. The lowest BCUT2D eigenvalue weighted by molar-refractivity contribution is 0.303. The van der Waals surface area contributed by atoms with Crippen molar-refractivity contribution in [3.8, 4) is 5.75 Å². The van der Waals surface area contributed by atoms with Crippen molar-refractivity contribution in [3.63, 3.8) is 0 Å². The lowest BCUT2D eigenvalue weighted by atomic mass is 10.2. The van der Waals surface area contributed by atoms with Crippen LogP contribution >= 0.6 is 0 Å². The van der Waals surface area contributed by atoms with Gasteiger partial charge < -0.3 is 15.5 Å². The monoisotopic (exact) mass is 254 g/mol. The maximum atomic E-state index is 5.72. The van der Waals surface area contributed by atoms with Gasteiger partial charge in [-0.05, 0) is 17.7 Å². The molecule has 0 saturated carbocycles. The molecule has 19 heavy (non-hydrogen) atoms. The Morgan fingerprint density at radius 3 is 2.79 bits per heavy atom. The third kappa shape index (κ3) is 2.28. The zero-order valence-corrected chi connectivity index (χ0v) is 10.3. The van der Waals surface area contributed by atoms with Gasteiger partial charge in [0.05, 0.1) is 5.69 Å². The third-order valence-electron chi connectivity index (χ3n) is 2.97. The molecule has 0 spiro atoms. The number of fused-ring (bicyclic) bond motifs is 1. The maximum absolute atomic E-state index is 5.72. The summed E-state index contributed by atoms with van der Waals surface area (Å²) in [6, 6.07) is 9.66. The summed E-state index contributed by atoms with van der Waals surface area (Å²) in [5, 5.41) is 0.959. The Morgan fingerprint density at radius 2 is 2.00 bits per heavy atom. The van der Waals surface area contributed by atoms with Gasteiger partial charge in [0.2, 0.25) is 0 Å². The Kier molecular flexibility index (Phi) is 3.12. The van der Waals surface area contributed by atoms with E-state index in [1.54, 1.807) is 0 Å². The largest absolute Gasteiger partial charge is 0.487 e. The van der Waals surface area contributed by atoms with Gasteiger partial charge in [-0.2, -0.15) is 0 Å². The molecular formula is C14H14N4O. The van der Waals surface area contributed by atoms with Crippen LogP contribution in [0.5, 0.6) is 5.75 Å².